The fourth-order valence-electron chi connectivity index (χ4n) is 3.22. The number of amides is 1. The number of hydrogen-bond acceptors (Lipinski definition) is 4. The van der Waals surface area contributed by atoms with E-state index in [0.29, 0.717) is 30.8 Å². The van der Waals surface area contributed by atoms with E-state index in [0.717, 1.165) is 0 Å². The third-order valence-electron chi connectivity index (χ3n) is 4.55. The van der Waals surface area contributed by atoms with Crippen LogP contribution in [0.4, 0.5) is 10.1 Å². The summed E-state index contributed by atoms with van der Waals surface area (Å²) in [7, 11) is -3.74. The summed E-state index contributed by atoms with van der Waals surface area (Å²) in [6.07, 6.45) is 1.11. The monoisotopic (exact) mass is 380 g/mol. The Morgan fingerprint density at radius 3 is 2.73 bits per heavy atom. The summed E-state index contributed by atoms with van der Waals surface area (Å²) in [5.41, 5.74) is 0.972. The van der Waals surface area contributed by atoms with Gasteiger partial charge in [0.15, 0.2) is 0 Å². The third-order valence-corrected chi connectivity index (χ3v) is 6.67. The minimum absolute atomic E-state index is 0.0622. The lowest BCUT2D eigenvalue weighted by Crippen LogP contribution is -2.44. The number of aromatic amines is 1. The van der Waals surface area contributed by atoms with Crippen molar-refractivity contribution in [1.29, 1.82) is 0 Å². The molecule has 1 aliphatic heterocycles. The Bertz CT molecular complexity index is 906. The molecule has 1 unspecified atom stereocenters. The smallest absolute Gasteiger partial charge is 0.246 e. The first-order valence-corrected chi connectivity index (χ1v) is 9.82. The molecular weight excluding hydrogens is 359 g/mol. The van der Waals surface area contributed by atoms with Crippen molar-refractivity contribution in [2.24, 2.45) is 5.92 Å². The highest BCUT2D eigenvalue weighted by atomic mass is 32.2. The maximum absolute atomic E-state index is 13.7. The molecule has 1 amide bonds. The number of piperidine rings is 1. The number of nitrogens with one attached hydrogen (secondary N) is 2. The molecule has 26 heavy (non-hydrogen) atoms. The van der Waals surface area contributed by atoms with E-state index in [2.05, 4.69) is 15.5 Å². The number of nitrogens with zero attached hydrogens (tertiary/aromatic N) is 2. The van der Waals surface area contributed by atoms with Gasteiger partial charge in [-0.15, -0.1) is 0 Å². The number of H-pyrrole nitrogens is 1. The number of carbonyl (C=O) groups excluding carboxylic acids is 1. The number of hydrogen-bond donors (Lipinski definition) is 2. The highest BCUT2D eigenvalue weighted by Gasteiger charge is 2.35. The summed E-state index contributed by atoms with van der Waals surface area (Å²) in [5, 5.41) is 9.18. The summed E-state index contributed by atoms with van der Waals surface area (Å²) in [5.74, 6) is -1.44. The first kappa shape index (κ1) is 18.5. The van der Waals surface area contributed by atoms with E-state index in [-0.39, 0.29) is 23.0 Å². The van der Waals surface area contributed by atoms with Crippen molar-refractivity contribution in [3.8, 4) is 0 Å². The largest absolute Gasteiger partial charge is 0.323 e. The lowest BCUT2D eigenvalue weighted by Gasteiger charge is -2.31. The van der Waals surface area contributed by atoms with E-state index in [1.54, 1.807) is 19.9 Å². The van der Waals surface area contributed by atoms with Gasteiger partial charge in [0.25, 0.3) is 0 Å². The third kappa shape index (κ3) is 3.49. The van der Waals surface area contributed by atoms with E-state index < -0.39 is 21.8 Å². The van der Waals surface area contributed by atoms with Crippen molar-refractivity contribution in [2.45, 2.75) is 31.6 Å². The molecule has 1 atom stereocenters. The molecule has 1 aromatic carbocycles. The minimum Gasteiger partial charge on any atom is -0.323 e. The summed E-state index contributed by atoms with van der Waals surface area (Å²) in [4.78, 5) is 12.7. The molecule has 0 spiro atoms. The second kappa shape index (κ2) is 7.16. The van der Waals surface area contributed by atoms with E-state index in [1.807, 2.05) is 0 Å². The maximum atomic E-state index is 13.7. The van der Waals surface area contributed by atoms with Crippen molar-refractivity contribution in [2.75, 3.05) is 18.4 Å². The zero-order valence-electron chi connectivity index (χ0n) is 14.6. The van der Waals surface area contributed by atoms with Crippen molar-refractivity contribution in [3.05, 3.63) is 41.5 Å². The standard InChI is InChI=1S/C17H21FN4O3S/c1-11-16(12(2)21-20-11)26(24,25)22-9-5-6-13(10-22)17(23)19-15-8-4-3-7-14(15)18/h3-4,7-8,13H,5-6,9-10H2,1-2H3,(H,19,23)(H,20,21). The second-order valence-corrected chi connectivity index (χ2v) is 8.31. The van der Waals surface area contributed by atoms with Crippen LogP contribution in [0, 0.1) is 25.6 Å². The quantitative estimate of drug-likeness (QED) is 0.850. The van der Waals surface area contributed by atoms with Gasteiger partial charge in [0, 0.05) is 13.1 Å². The SMILES string of the molecule is Cc1n[nH]c(C)c1S(=O)(=O)N1CCCC(C(=O)Nc2ccccc2F)C1. The average molecular weight is 380 g/mol. The van der Waals surface area contributed by atoms with Crippen molar-refractivity contribution < 1.29 is 17.6 Å². The Morgan fingerprint density at radius 1 is 1.35 bits per heavy atom. The van der Waals surface area contributed by atoms with Crippen molar-refractivity contribution in [1.82, 2.24) is 14.5 Å². The molecule has 1 aliphatic rings. The van der Waals surface area contributed by atoms with Gasteiger partial charge in [-0.3, -0.25) is 9.89 Å². The maximum Gasteiger partial charge on any atom is 0.246 e. The molecule has 0 aliphatic carbocycles. The number of para-hydroxylation sites is 1. The molecule has 0 saturated carbocycles. The topological polar surface area (TPSA) is 95.2 Å². The molecule has 1 aromatic heterocycles. The number of aromatic nitrogens is 2. The van der Waals surface area contributed by atoms with Crippen molar-refractivity contribution >= 4 is 21.6 Å². The zero-order chi connectivity index (χ0) is 18.9. The first-order chi connectivity index (χ1) is 12.3. The van der Waals surface area contributed by atoms with Gasteiger partial charge in [-0.25, -0.2) is 12.8 Å². The number of halogens is 1. The van der Waals surface area contributed by atoms with E-state index in [1.165, 1.54) is 22.5 Å². The summed E-state index contributed by atoms with van der Waals surface area (Å²) in [6.45, 7) is 3.68. The Hall–Kier alpha value is -2.26. The van der Waals surface area contributed by atoms with Crippen LogP contribution in [0.25, 0.3) is 0 Å². The van der Waals surface area contributed by atoms with Crippen LogP contribution in [0.2, 0.25) is 0 Å². The van der Waals surface area contributed by atoms with Gasteiger partial charge in [-0.05, 0) is 38.8 Å². The van der Waals surface area contributed by atoms with Crippen LogP contribution < -0.4 is 5.32 Å². The number of benzene rings is 1. The molecule has 0 radical (unpaired) electrons. The van der Waals surface area contributed by atoms with Gasteiger partial charge in [-0.1, -0.05) is 12.1 Å². The normalized spacial score (nSPS) is 18.7. The Labute approximate surface area is 151 Å². The minimum atomic E-state index is -3.74. The van der Waals surface area contributed by atoms with Gasteiger partial charge in [-0.2, -0.15) is 9.40 Å². The van der Waals surface area contributed by atoms with Crippen LogP contribution in [0.3, 0.4) is 0 Å². The number of aryl methyl sites for hydroxylation is 2. The highest BCUT2D eigenvalue weighted by molar-refractivity contribution is 7.89. The fraction of sp³-hybridized carbons (Fsp3) is 0.412. The predicted molar refractivity (Wildman–Crippen MR) is 94.6 cm³/mol. The molecule has 2 aromatic rings. The Kier molecular flexibility index (Phi) is 5.10. The van der Waals surface area contributed by atoms with Crippen LogP contribution in [0.5, 0.6) is 0 Å². The molecule has 2 N–H and O–H groups in total. The van der Waals surface area contributed by atoms with Gasteiger partial charge < -0.3 is 5.32 Å². The van der Waals surface area contributed by atoms with E-state index >= 15 is 0 Å². The average Bonchev–Trinajstić information content (AvgIpc) is 2.96. The molecule has 9 heteroatoms. The molecule has 2 heterocycles. The summed E-state index contributed by atoms with van der Waals surface area (Å²) in [6, 6.07) is 5.90. The molecule has 1 fully saturated rings. The number of sulfonamides is 1. The van der Waals surface area contributed by atoms with Crippen LogP contribution >= 0.6 is 0 Å². The van der Waals surface area contributed by atoms with Crippen LogP contribution in [-0.4, -0.2) is 41.9 Å². The van der Waals surface area contributed by atoms with Crippen LogP contribution in [-0.2, 0) is 14.8 Å². The van der Waals surface area contributed by atoms with Crippen LogP contribution in [0.1, 0.15) is 24.2 Å². The van der Waals surface area contributed by atoms with E-state index in [9.17, 15) is 17.6 Å². The molecule has 3 rings (SSSR count). The lowest BCUT2D eigenvalue weighted by atomic mass is 9.98. The fourth-order valence-corrected chi connectivity index (χ4v) is 5.08. The molecule has 1 saturated heterocycles. The summed E-state index contributed by atoms with van der Waals surface area (Å²) < 4.78 is 40.9. The van der Waals surface area contributed by atoms with Gasteiger partial charge >= 0.3 is 0 Å². The number of anilines is 1. The Morgan fingerprint density at radius 2 is 2.08 bits per heavy atom. The summed E-state index contributed by atoms with van der Waals surface area (Å²) >= 11 is 0. The van der Waals surface area contributed by atoms with Gasteiger partial charge in [0.1, 0.15) is 10.7 Å². The Balaban J connectivity index is 1.77. The predicted octanol–water partition coefficient (Wildman–Crippen LogP) is 2.21. The second-order valence-electron chi connectivity index (χ2n) is 6.43. The number of carbonyl (C=O) groups is 1. The lowest BCUT2D eigenvalue weighted by molar-refractivity contribution is -0.120. The zero-order valence-corrected chi connectivity index (χ0v) is 15.4. The molecule has 7 nitrogen and oxygen atoms in total. The van der Waals surface area contributed by atoms with Gasteiger partial charge in [0.05, 0.1) is 23.0 Å². The van der Waals surface area contributed by atoms with Crippen molar-refractivity contribution in [3.63, 3.8) is 0 Å². The molecule has 0 bridgehead atoms. The molecule has 140 valence electrons. The number of rotatable bonds is 4. The van der Waals surface area contributed by atoms with Gasteiger partial charge in [0.2, 0.25) is 15.9 Å². The van der Waals surface area contributed by atoms with Crippen LogP contribution in [0.15, 0.2) is 29.2 Å². The molecular formula is C17H21FN4O3S. The first-order valence-electron chi connectivity index (χ1n) is 8.38. The van der Waals surface area contributed by atoms with E-state index in [4.69, 9.17) is 0 Å². The highest BCUT2D eigenvalue weighted by Crippen LogP contribution is 2.27.